The first-order chi connectivity index (χ1) is 13.7. The van der Waals surface area contributed by atoms with Crippen molar-refractivity contribution in [2.75, 3.05) is 41.9 Å². The third-order valence-electron chi connectivity index (χ3n) is 4.69. The lowest BCUT2D eigenvalue weighted by Gasteiger charge is -2.29. The van der Waals surface area contributed by atoms with E-state index in [0.29, 0.717) is 22.3 Å². The topological polar surface area (TPSA) is 54.5 Å². The normalized spacial score (nSPS) is 14.1. The molecule has 1 amide bonds. The van der Waals surface area contributed by atoms with Crippen molar-refractivity contribution in [1.29, 1.82) is 0 Å². The zero-order chi connectivity index (χ0) is 19.5. The molecule has 0 radical (unpaired) electrons. The number of carbonyl (C=O) groups excluding carboxylic acids is 1. The van der Waals surface area contributed by atoms with Crippen LogP contribution in [0.25, 0.3) is 10.8 Å². The van der Waals surface area contributed by atoms with Gasteiger partial charge in [-0.1, -0.05) is 29.8 Å². The van der Waals surface area contributed by atoms with Gasteiger partial charge in [0.2, 0.25) is 5.88 Å². The predicted octanol–water partition coefficient (Wildman–Crippen LogP) is 4.70. The van der Waals surface area contributed by atoms with E-state index in [2.05, 4.69) is 15.2 Å². The number of amides is 1. The van der Waals surface area contributed by atoms with Crippen LogP contribution in [0.3, 0.4) is 0 Å². The van der Waals surface area contributed by atoms with Gasteiger partial charge in [-0.25, -0.2) is 4.98 Å². The summed E-state index contributed by atoms with van der Waals surface area (Å²) in [7, 11) is 1.55. The lowest BCUT2D eigenvalue weighted by molar-refractivity contribution is 0.102. The summed E-state index contributed by atoms with van der Waals surface area (Å²) < 4.78 is 5.35. The minimum atomic E-state index is -0.303. The zero-order valence-electron chi connectivity index (χ0n) is 15.4. The third-order valence-corrected chi connectivity index (χ3v) is 5.93. The van der Waals surface area contributed by atoms with Gasteiger partial charge in [0, 0.05) is 35.7 Å². The van der Waals surface area contributed by atoms with Crippen LogP contribution in [-0.2, 0) is 0 Å². The number of hydrogen-bond acceptors (Lipinski definition) is 5. The summed E-state index contributed by atoms with van der Waals surface area (Å²) in [6.07, 6.45) is 0. The van der Waals surface area contributed by atoms with Gasteiger partial charge < -0.3 is 15.0 Å². The predicted molar refractivity (Wildman–Crippen MR) is 117 cm³/mol. The van der Waals surface area contributed by atoms with E-state index in [1.807, 2.05) is 48.2 Å². The molecule has 3 aromatic rings. The van der Waals surface area contributed by atoms with Crippen LogP contribution in [0.4, 0.5) is 11.4 Å². The Morgan fingerprint density at radius 2 is 1.96 bits per heavy atom. The Balaban J connectivity index is 1.56. The number of hydrogen-bond donors (Lipinski definition) is 1. The summed E-state index contributed by atoms with van der Waals surface area (Å²) in [5.74, 6) is 2.33. The van der Waals surface area contributed by atoms with Crippen LogP contribution < -0.4 is 15.0 Å². The lowest BCUT2D eigenvalue weighted by atomic mass is 10.1. The van der Waals surface area contributed by atoms with E-state index in [1.54, 1.807) is 19.2 Å². The van der Waals surface area contributed by atoms with Crippen molar-refractivity contribution in [3.8, 4) is 5.88 Å². The highest BCUT2D eigenvalue weighted by molar-refractivity contribution is 7.99. The maximum absolute atomic E-state index is 12.7. The molecule has 7 heteroatoms. The molecule has 0 saturated carbocycles. The number of thioether (sulfide) groups is 1. The second-order valence-electron chi connectivity index (χ2n) is 6.46. The van der Waals surface area contributed by atoms with E-state index in [1.165, 1.54) is 0 Å². The molecule has 144 valence electrons. The van der Waals surface area contributed by atoms with Gasteiger partial charge in [0.15, 0.2) is 0 Å². The van der Waals surface area contributed by atoms with Crippen LogP contribution >= 0.6 is 23.4 Å². The number of benzene rings is 2. The molecular weight excluding hydrogens is 394 g/mol. The molecule has 0 aliphatic carbocycles. The van der Waals surface area contributed by atoms with E-state index in [4.69, 9.17) is 16.3 Å². The standard InChI is InChI=1S/C21H20ClN3O2S/c1-27-21-16-5-3-2-4-14(16)12-18(24-21)20(26)23-15-6-7-19(17(22)13-15)25-8-10-28-11-9-25/h2-7,12-13H,8-11H2,1H3,(H,23,26). The Kier molecular flexibility index (Phi) is 5.59. The van der Waals surface area contributed by atoms with Crippen LogP contribution in [0.2, 0.25) is 5.02 Å². The van der Waals surface area contributed by atoms with Crippen molar-refractivity contribution in [3.05, 3.63) is 59.2 Å². The molecule has 2 heterocycles. The monoisotopic (exact) mass is 413 g/mol. The molecule has 4 rings (SSSR count). The number of nitrogens with one attached hydrogen (secondary N) is 1. The highest BCUT2D eigenvalue weighted by Crippen LogP contribution is 2.31. The SMILES string of the molecule is COc1nc(C(=O)Nc2ccc(N3CCSCC3)c(Cl)c2)cc2ccccc12. The molecule has 1 fully saturated rings. The molecule has 1 N–H and O–H groups in total. The zero-order valence-corrected chi connectivity index (χ0v) is 17.0. The Bertz CT molecular complexity index is 1020. The van der Waals surface area contributed by atoms with Gasteiger partial charge in [-0.3, -0.25) is 4.79 Å². The fraction of sp³-hybridized carbons (Fsp3) is 0.238. The number of aromatic nitrogens is 1. The lowest BCUT2D eigenvalue weighted by Crippen LogP contribution is -2.32. The smallest absolute Gasteiger partial charge is 0.274 e. The van der Waals surface area contributed by atoms with Crippen molar-refractivity contribution < 1.29 is 9.53 Å². The second kappa shape index (κ2) is 8.29. The van der Waals surface area contributed by atoms with Gasteiger partial charge in [0.05, 0.1) is 17.8 Å². The number of nitrogens with zero attached hydrogens (tertiary/aromatic N) is 2. The largest absolute Gasteiger partial charge is 0.481 e. The number of anilines is 2. The first-order valence-electron chi connectivity index (χ1n) is 9.03. The molecule has 1 aliphatic heterocycles. The molecule has 2 aromatic carbocycles. The first-order valence-corrected chi connectivity index (χ1v) is 10.6. The Morgan fingerprint density at radius 1 is 1.18 bits per heavy atom. The molecule has 1 aromatic heterocycles. The summed E-state index contributed by atoms with van der Waals surface area (Å²) in [6.45, 7) is 1.97. The van der Waals surface area contributed by atoms with Crippen molar-refractivity contribution in [2.45, 2.75) is 0 Å². The molecule has 1 aliphatic rings. The molecule has 5 nitrogen and oxygen atoms in total. The van der Waals surface area contributed by atoms with E-state index >= 15 is 0 Å². The number of methoxy groups -OCH3 is 1. The molecule has 0 atom stereocenters. The van der Waals surface area contributed by atoms with Gasteiger partial charge >= 0.3 is 0 Å². The fourth-order valence-corrected chi connectivity index (χ4v) is 4.48. The summed E-state index contributed by atoms with van der Waals surface area (Å²) >= 11 is 8.44. The maximum atomic E-state index is 12.7. The minimum Gasteiger partial charge on any atom is -0.481 e. The average molecular weight is 414 g/mol. The van der Waals surface area contributed by atoms with Crippen molar-refractivity contribution in [1.82, 2.24) is 4.98 Å². The summed E-state index contributed by atoms with van der Waals surface area (Å²) in [5.41, 5.74) is 1.94. The molecular formula is C21H20ClN3O2S. The van der Waals surface area contributed by atoms with Crippen LogP contribution in [0.15, 0.2) is 48.5 Å². The van der Waals surface area contributed by atoms with E-state index < -0.39 is 0 Å². The van der Waals surface area contributed by atoms with Crippen LogP contribution in [0.5, 0.6) is 5.88 Å². The van der Waals surface area contributed by atoms with E-state index in [0.717, 1.165) is 41.1 Å². The molecule has 0 unspecified atom stereocenters. The van der Waals surface area contributed by atoms with Crippen LogP contribution in [0, 0.1) is 0 Å². The maximum Gasteiger partial charge on any atom is 0.274 e. The van der Waals surface area contributed by atoms with E-state index in [-0.39, 0.29) is 5.91 Å². The summed E-state index contributed by atoms with van der Waals surface area (Å²) in [4.78, 5) is 19.4. The Labute approximate surface area is 173 Å². The molecule has 0 spiro atoms. The number of halogens is 1. The van der Waals surface area contributed by atoms with Gasteiger partial charge in [-0.2, -0.15) is 11.8 Å². The van der Waals surface area contributed by atoms with E-state index in [9.17, 15) is 4.79 Å². The average Bonchev–Trinajstić information content (AvgIpc) is 2.73. The number of rotatable bonds is 4. The highest BCUT2D eigenvalue weighted by atomic mass is 35.5. The second-order valence-corrected chi connectivity index (χ2v) is 8.09. The molecule has 1 saturated heterocycles. The Morgan fingerprint density at radius 3 is 2.71 bits per heavy atom. The minimum absolute atomic E-state index is 0.295. The fourth-order valence-electron chi connectivity index (χ4n) is 3.28. The summed E-state index contributed by atoms with van der Waals surface area (Å²) in [6, 6.07) is 15.1. The van der Waals surface area contributed by atoms with Gasteiger partial charge in [0.1, 0.15) is 5.69 Å². The number of carbonyl (C=O) groups is 1. The molecule has 0 bridgehead atoms. The number of pyridine rings is 1. The van der Waals surface area contributed by atoms with Crippen molar-refractivity contribution >= 4 is 51.4 Å². The van der Waals surface area contributed by atoms with Crippen molar-refractivity contribution in [3.63, 3.8) is 0 Å². The van der Waals surface area contributed by atoms with Gasteiger partial charge in [-0.05, 0) is 35.7 Å². The van der Waals surface area contributed by atoms with Crippen molar-refractivity contribution in [2.24, 2.45) is 0 Å². The number of ether oxygens (including phenoxy) is 1. The summed E-state index contributed by atoms with van der Waals surface area (Å²) in [5, 5.41) is 5.28. The quantitative estimate of drug-likeness (QED) is 0.671. The third kappa shape index (κ3) is 3.88. The first kappa shape index (κ1) is 18.9. The number of fused-ring (bicyclic) bond motifs is 1. The molecule has 28 heavy (non-hydrogen) atoms. The Hall–Kier alpha value is -2.44. The van der Waals surface area contributed by atoms with Gasteiger partial charge in [-0.15, -0.1) is 0 Å². The van der Waals surface area contributed by atoms with Crippen LogP contribution in [-0.4, -0.2) is 42.6 Å². The van der Waals surface area contributed by atoms with Gasteiger partial charge in [0.25, 0.3) is 5.91 Å². The highest BCUT2D eigenvalue weighted by Gasteiger charge is 2.16. The van der Waals surface area contributed by atoms with Crippen LogP contribution in [0.1, 0.15) is 10.5 Å².